The van der Waals surface area contributed by atoms with Crippen LogP contribution >= 0.6 is 0 Å². The minimum Gasteiger partial charge on any atom is -0.459 e. The van der Waals surface area contributed by atoms with E-state index in [1.165, 1.54) is 11.3 Å². The number of carbonyl (C=O) groups excluding carboxylic acids is 2. The molecule has 5 nitrogen and oxygen atoms in total. The first-order valence-corrected chi connectivity index (χ1v) is 7.49. The average Bonchev–Trinajstić information content (AvgIpc) is 2.94. The highest BCUT2D eigenvalue weighted by atomic mass is 16.6. The molecule has 21 heavy (non-hydrogen) atoms. The monoisotopic (exact) mass is 289 g/mol. The van der Waals surface area contributed by atoms with Crippen LogP contribution in [0.25, 0.3) is 0 Å². The van der Waals surface area contributed by atoms with Gasteiger partial charge >= 0.3 is 12.1 Å². The van der Waals surface area contributed by atoms with Crippen molar-refractivity contribution in [3.05, 3.63) is 29.8 Å². The molecule has 0 radical (unpaired) electrons. The SMILES string of the molecule is O=C(OC1CCCCC1)c1cccc(N2CCOC2=O)c1. The minimum atomic E-state index is -0.368. The molecule has 1 heterocycles. The Morgan fingerprint density at radius 1 is 1.24 bits per heavy atom. The van der Waals surface area contributed by atoms with Crippen LogP contribution in [-0.2, 0) is 9.47 Å². The third kappa shape index (κ3) is 3.17. The molecule has 0 bridgehead atoms. The van der Waals surface area contributed by atoms with Crippen LogP contribution in [0.4, 0.5) is 10.5 Å². The van der Waals surface area contributed by atoms with Crippen molar-refractivity contribution in [2.45, 2.75) is 38.2 Å². The molecule has 1 amide bonds. The number of rotatable bonds is 3. The number of amides is 1. The Labute approximate surface area is 123 Å². The largest absolute Gasteiger partial charge is 0.459 e. The summed E-state index contributed by atoms with van der Waals surface area (Å²) in [6, 6.07) is 6.97. The highest BCUT2D eigenvalue weighted by Crippen LogP contribution is 2.23. The molecule has 0 spiro atoms. The van der Waals surface area contributed by atoms with Gasteiger partial charge in [0, 0.05) is 5.69 Å². The van der Waals surface area contributed by atoms with E-state index in [4.69, 9.17) is 9.47 Å². The second-order valence-corrected chi connectivity index (χ2v) is 5.48. The molecule has 1 aromatic carbocycles. The zero-order chi connectivity index (χ0) is 14.7. The molecular formula is C16H19NO4. The smallest absolute Gasteiger partial charge is 0.414 e. The highest BCUT2D eigenvalue weighted by molar-refractivity contribution is 5.94. The lowest BCUT2D eigenvalue weighted by Gasteiger charge is -2.22. The highest BCUT2D eigenvalue weighted by Gasteiger charge is 2.25. The maximum Gasteiger partial charge on any atom is 0.414 e. The van der Waals surface area contributed by atoms with Crippen LogP contribution < -0.4 is 4.90 Å². The Hall–Kier alpha value is -2.04. The van der Waals surface area contributed by atoms with E-state index in [0.29, 0.717) is 24.4 Å². The first-order valence-electron chi connectivity index (χ1n) is 7.49. The van der Waals surface area contributed by atoms with Gasteiger partial charge in [-0.1, -0.05) is 12.5 Å². The maximum atomic E-state index is 12.2. The van der Waals surface area contributed by atoms with Crippen LogP contribution in [0.3, 0.4) is 0 Å². The van der Waals surface area contributed by atoms with E-state index in [1.54, 1.807) is 24.3 Å². The number of anilines is 1. The van der Waals surface area contributed by atoms with E-state index in [0.717, 1.165) is 25.7 Å². The number of benzene rings is 1. The molecular weight excluding hydrogens is 270 g/mol. The van der Waals surface area contributed by atoms with Gasteiger partial charge in [-0.15, -0.1) is 0 Å². The van der Waals surface area contributed by atoms with E-state index in [2.05, 4.69) is 0 Å². The second kappa shape index (κ2) is 6.16. The Bertz CT molecular complexity index is 537. The van der Waals surface area contributed by atoms with Gasteiger partial charge in [0.25, 0.3) is 0 Å². The summed E-state index contributed by atoms with van der Waals surface area (Å²) in [5.74, 6) is -0.309. The van der Waals surface area contributed by atoms with Crippen molar-refractivity contribution in [1.82, 2.24) is 0 Å². The molecule has 0 unspecified atom stereocenters. The molecule has 0 N–H and O–H groups in total. The third-order valence-corrected chi connectivity index (χ3v) is 3.98. The van der Waals surface area contributed by atoms with Gasteiger partial charge in [-0.2, -0.15) is 0 Å². The fourth-order valence-corrected chi connectivity index (χ4v) is 2.83. The van der Waals surface area contributed by atoms with Crippen molar-refractivity contribution < 1.29 is 19.1 Å². The summed E-state index contributed by atoms with van der Waals surface area (Å²) >= 11 is 0. The van der Waals surface area contributed by atoms with Crippen LogP contribution in [0.5, 0.6) is 0 Å². The predicted octanol–water partition coefficient (Wildman–Crippen LogP) is 3.13. The lowest BCUT2D eigenvalue weighted by atomic mass is 9.98. The van der Waals surface area contributed by atoms with Gasteiger partial charge in [-0.25, -0.2) is 9.59 Å². The molecule has 5 heteroatoms. The molecule has 2 aliphatic rings. The molecule has 1 saturated heterocycles. The van der Waals surface area contributed by atoms with Crippen molar-refractivity contribution in [1.29, 1.82) is 0 Å². The van der Waals surface area contributed by atoms with E-state index >= 15 is 0 Å². The summed E-state index contributed by atoms with van der Waals surface area (Å²) in [5, 5.41) is 0. The van der Waals surface area contributed by atoms with E-state index < -0.39 is 0 Å². The van der Waals surface area contributed by atoms with Crippen LogP contribution in [0, 0.1) is 0 Å². The number of hydrogen-bond donors (Lipinski definition) is 0. The topological polar surface area (TPSA) is 55.8 Å². The number of carbonyl (C=O) groups is 2. The van der Waals surface area contributed by atoms with Crippen LogP contribution in [0.2, 0.25) is 0 Å². The Kier molecular flexibility index (Phi) is 4.08. The number of hydrogen-bond acceptors (Lipinski definition) is 4. The summed E-state index contributed by atoms with van der Waals surface area (Å²) in [7, 11) is 0. The Morgan fingerprint density at radius 2 is 2.05 bits per heavy atom. The number of nitrogens with zero attached hydrogens (tertiary/aromatic N) is 1. The second-order valence-electron chi connectivity index (χ2n) is 5.48. The first kappa shape index (κ1) is 13.9. The Morgan fingerprint density at radius 3 is 2.76 bits per heavy atom. The summed E-state index contributed by atoms with van der Waals surface area (Å²) in [6.45, 7) is 0.898. The van der Waals surface area contributed by atoms with Crippen molar-refractivity contribution in [3.8, 4) is 0 Å². The lowest BCUT2D eigenvalue weighted by molar-refractivity contribution is 0.0211. The number of cyclic esters (lactones) is 1. The molecule has 1 aromatic rings. The Balaban J connectivity index is 1.69. The molecule has 1 aliphatic carbocycles. The molecule has 0 atom stereocenters. The third-order valence-electron chi connectivity index (χ3n) is 3.98. The number of esters is 1. The zero-order valence-electron chi connectivity index (χ0n) is 11.9. The van der Waals surface area contributed by atoms with Crippen LogP contribution in [0.15, 0.2) is 24.3 Å². The summed E-state index contributed by atoms with van der Waals surface area (Å²) in [6.07, 6.45) is 5.03. The standard InChI is InChI=1S/C16H19NO4/c18-15(21-14-7-2-1-3-8-14)12-5-4-6-13(11-12)17-9-10-20-16(17)19/h4-6,11,14H,1-3,7-10H2. The predicted molar refractivity (Wildman–Crippen MR) is 77.4 cm³/mol. The van der Waals surface area contributed by atoms with Gasteiger partial charge in [0.15, 0.2) is 0 Å². The van der Waals surface area contributed by atoms with Gasteiger partial charge in [0.2, 0.25) is 0 Å². The lowest BCUT2D eigenvalue weighted by Crippen LogP contribution is -2.24. The van der Waals surface area contributed by atoms with Gasteiger partial charge < -0.3 is 9.47 Å². The van der Waals surface area contributed by atoms with E-state index in [-0.39, 0.29) is 18.2 Å². The molecule has 2 fully saturated rings. The molecule has 3 rings (SSSR count). The summed E-state index contributed by atoms with van der Waals surface area (Å²) < 4.78 is 10.5. The van der Waals surface area contributed by atoms with Gasteiger partial charge in [0.1, 0.15) is 12.7 Å². The van der Waals surface area contributed by atoms with Crippen LogP contribution in [0.1, 0.15) is 42.5 Å². The quantitative estimate of drug-likeness (QED) is 0.802. The molecule has 1 saturated carbocycles. The fourth-order valence-electron chi connectivity index (χ4n) is 2.83. The molecule has 112 valence electrons. The van der Waals surface area contributed by atoms with Gasteiger partial charge in [-0.05, 0) is 43.9 Å². The van der Waals surface area contributed by atoms with Crippen molar-refractivity contribution in [3.63, 3.8) is 0 Å². The van der Waals surface area contributed by atoms with E-state index in [1.807, 2.05) is 0 Å². The van der Waals surface area contributed by atoms with E-state index in [9.17, 15) is 9.59 Å². The maximum absolute atomic E-state index is 12.2. The number of ether oxygens (including phenoxy) is 2. The van der Waals surface area contributed by atoms with Gasteiger partial charge in [0.05, 0.1) is 12.1 Å². The van der Waals surface area contributed by atoms with Crippen LogP contribution in [-0.4, -0.2) is 31.3 Å². The average molecular weight is 289 g/mol. The zero-order valence-corrected chi connectivity index (χ0v) is 11.9. The minimum absolute atomic E-state index is 0.0339. The normalized spacial score (nSPS) is 19.4. The molecule has 1 aliphatic heterocycles. The van der Waals surface area contributed by atoms with Crippen molar-refractivity contribution >= 4 is 17.7 Å². The summed E-state index contributed by atoms with van der Waals surface area (Å²) in [4.78, 5) is 25.3. The summed E-state index contributed by atoms with van der Waals surface area (Å²) in [5.41, 5.74) is 1.16. The van der Waals surface area contributed by atoms with Crippen molar-refractivity contribution in [2.24, 2.45) is 0 Å². The van der Waals surface area contributed by atoms with Crippen molar-refractivity contribution in [2.75, 3.05) is 18.1 Å². The molecule has 0 aromatic heterocycles. The fraction of sp³-hybridized carbons (Fsp3) is 0.500. The van der Waals surface area contributed by atoms with Gasteiger partial charge in [-0.3, -0.25) is 4.90 Å². The first-order chi connectivity index (χ1) is 10.2.